The molecule has 0 aliphatic rings. The lowest BCUT2D eigenvalue weighted by Gasteiger charge is -2.02. The van der Waals surface area contributed by atoms with Gasteiger partial charge in [0.1, 0.15) is 0 Å². The van der Waals surface area contributed by atoms with Crippen LogP contribution in [0.15, 0.2) is 0 Å². The predicted octanol–water partition coefficient (Wildman–Crippen LogP) is -0.407. The Morgan fingerprint density at radius 3 is 2.14 bits per heavy atom. The van der Waals surface area contributed by atoms with Crippen molar-refractivity contribution in [3.63, 3.8) is 0 Å². The first-order valence-corrected chi connectivity index (χ1v) is 2.34. The number of halogens is 2. The number of hydrogen-bond donors (Lipinski definition) is 1. The van der Waals surface area contributed by atoms with Crippen molar-refractivity contribution in [3.05, 3.63) is 0 Å². The van der Waals surface area contributed by atoms with Gasteiger partial charge in [-0.2, -0.15) is 13.5 Å². The zero-order valence-corrected chi connectivity index (χ0v) is 3.87. The Labute approximate surface area is 41.1 Å². The summed E-state index contributed by atoms with van der Waals surface area (Å²) in [5, 5.41) is 0. The Balaban J connectivity index is 3.13. The van der Waals surface area contributed by atoms with E-state index in [4.69, 9.17) is 0 Å². The van der Waals surface area contributed by atoms with Gasteiger partial charge in [0.2, 0.25) is 0 Å². The second-order valence-corrected chi connectivity index (χ2v) is 1.36. The van der Waals surface area contributed by atoms with E-state index in [-0.39, 0.29) is 0 Å². The Kier molecular flexibility index (Phi) is 2.97. The molecule has 44 valence electrons. The van der Waals surface area contributed by atoms with Gasteiger partial charge in [-0.15, -0.1) is 0 Å². The molecule has 0 heterocycles. The van der Waals surface area contributed by atoms with Crippen molar-refractivity contribution >= 4 is 11.3 Å². The third-order valence-electron chi connectivity index (χ3n) is 0.185. The summed E-state index contributed by atoms with van der Waals surface area (Å²) in [6.07, 6.45) is 0. The zero-order valence-electron chi connectivity index (χ0n) is 3.06. The molecule has 0 radical (unpaired) electrons. The van der Waals surface area contributed by atoms with Crippen molar-refractivity contribution in [1.82, 2.24) is 4.72 Å². The lowest BCUT2D eigenvalue weighted by Crippen LogP contribution is -2.21. The molecular formula is CH2F2NO2S-. The molecule has 7 heavy (non-hydrogen) atoms. The van der Waals surface area contributed by atoms with Crippen LogP contribution in [0.5, 0.6) is 0 Å². The quantitative estimate of drug-likeness (QED) is 0.408. The van der Waals surface area contributed by atoms with Crippen LogP contribution in [0.3, 0.4) is 0 Å². The lowest BCUT2D eigenvalue weighted by molar-refractivity contribution is 0.135. The topological polar surface area (TPSA) is 52.2 Å². The van der Waals surface area contributed by atoms with Crippen molar-refractivity contribution < 1.29 is 17.5 Å². The Bertz CT molecular complexity index is 76.1. The van der Waals surface area contributed by atoms with E-state index in [1.165, 1.54) is 0 Å². The molecule has 6 heteroatoms. The fourth-order valence-electron chi connectivity index (χ4n) is 0.0727. The summed E-state index contributed by atoms with van der Waals surface area (Å²) in [7, 11) is 0. The molecule has 3 nitrogen and oxygen atoms in total. The molecule has 0 aromatic heterocycles. The van der Waals surface area contributed by atoms with E-state index in [2.05, 4.69) is 0 Å². The maximum absolute atomic E-state index is 10.8. The van der Waals surface area contributed by atoms with Gasteiger partial charge < -0.3 is 4.55 Å². The number of rotatable bonds is 2. The zero-order chi connectivity index (χ0) is 5.86. The van der Waals surface area contributed by atoms with Crippen LogP contribution in [0, 0.1) is 0 Å². The minimum atomic E-state index is -2.99. The van der Waals surface area contributed by atoms with Crippen LogP contribution in [-0.2, 0) is 11.3 Å². The van der Waals surface area contributed by atoms with Crippen LogP contribution in [0.25, 0.3) is 0 Å². The fraction of sp³-hybridized carbons (Fsp3) is 1.00. The molecule has 0 aromatic carbocycles. The Morgan fingerprint density at radius 2 is 2.14 bits per heavy atom. The molecule has 0 aliphatic heterocycles. The van der Waals surface area contributed by atoms with Gasteiger partial charge in [0, 0.05) is 11.3 Å². The third-order valence-corrected chi connectivity index (χ3v) is 0.556. The molecule has 0 aliphatic carbocycles. The molecular weight excluding hydrogens is 128 g/mol. The largest absolute Gasteiger partial charge is 0.760 e. The molecule has 0 rings (SSSR count). The van der Waals surface area contributed by atoms with Crippen molar-refractivity contribution in [1.29, 1.82) is 0 Å². The average molecular weight is 130 g/mol. The van der Waals surface area contributed by atoms with E-state index < -0.39 is 17.8 Å². The van der Waals surface area contributed by atoms with E-state index >= 15 is 0 Å². The fourth-order valence-corrected chi connectivity index (χ4v) is 0.218. The van der Waals surface area contributed by atoms with Crippen LogP contribution in [0.1, 0.15) is 0 Å². The second-order valence-electron chi connectivity index (χ2n) is 0.653. The SMILES string of the molecule is O=S([O-])NC(F)F. The second kappa shape index (κ2) is 3.00. The lowest BCUT2D eigenvalue weighted by atomic mass is 11.4. The van der Waals surface area contributed by atoms with E-state index in [1.807, 2.05) is 0 Å². The van der Waals surface area contributed by atoms with Gasteiger partial charge in [0.25, 0.3) is 0 Å². The summed E-state index contributed by atoms with van der Waals surface area (Å²) in [4.78, 5) is 0. The highest BCUT2D eigenvalue weighted by Crippen LogP contribution is 1.83. The van der Waals surface area contributed by atoms with Gasteiger partial charge in [-0.25, -0.2) is 0 Å². The molecule has 1 N–H and O–H groups in total. The molecule has 0 fully saturated rings. The van der Waals surface area contributed by atoms with Gasteiger partial charge >= 0.3 is 6.55 Å². The maximum atomic E-state index is 10.8. The van der Waals surface area contributed by atoms with Crippen molar-refractivity contribution in [2.24, 2.45) is 0 Å². The van der Waals surface area contributed by atoms with Crippen LogP contribution in [0.2, 0.25) is 0 Å². The molecule has 0 saturated heterocycles. The minimum Gasteiger partial charge on any atom is -0.760 e. The summed E-state index contributed by atoms with van der Waals surface area (Å²) in [6, 6.07) is 0. The van der Waals surface area contributed by atoms with Crippen LogP contribution >= 0.6 is 0 Å². The van der Waals surface area contributed by atoms with E-state index in [0.717, 1.165) is 4.72 Å². The Hall–Kier alpha value is -0.0700. The summed E-state index contributed by atoms with van der Waals surface area (Å²) >= 11 is -2.85. The average Bonchev–Trinajstić information content (AvgIpc) is 1.27. The first-order valence-electron chi connectivity index (χ1n) is 1.26. The summed E-state index contributed by atoms with van der Waals surface area (Å²) in [6.45, 7) is -2.99. The predicted molar refractivity (Wildman–Crippen MR) is 18.1 cm³/mol. The number of nitrogens with one attached hydrogen (secondary N) is 1. The van der Waals surface area contributed by atoms with Gasteiger partial charge in [0.15, 0.2) is 0 Å². The van der Waals surface area contributed by atoms with Crippen LogP contribution in [-0.4, -0.2) is 15.3 Å². The maximum Gasteiger partial charge on any atom is 0.302 e. The molecule has 0 amide bonds. The highest BCUT2D eigenvalue weighted by atomic mass is 32.2. The van der Waals surface area contributed by atoms with Crippen LogP contribution < -0.4 is 4.72 Å². The summed E-state index contributed by atoms with van der Waals surface area (Å²) in [5.41, 5.74) is 0. The molecule has 1 atom stereocenters. The van der Waals surface area contributed by atoms with Crippen molar-refractivity contribution in [3.8, 4) is 0 Å². The van der Waals surface area contributed by atoms with Crippen LogP contribution in [0.4, 0.5) is 8.78 Å². The van der Waals surface area contributed by atoms with E-state index in [9.17, 15) is 17.5 Å². The standard InChI is InChI=1S/CH3F2NO2S/c2-1(3)4-7(5)6/h1,4H,(H,5,6)/p-1. The number of hydrogen-bond acceptors (Lipinski definition) is 2. The Morgan fingerprint density at radius 1 is 1.71 bits per heavy atom. The van der Waals surface area contributed by atoms with Crippen molar-refractivity contribution in [2.45, 2.75) is 6.55 Å². The van der Waals surface area contributed by atoms with Gasteiger partial charge in [-0.3, -0.25) is 4.21 Å². The van der Waals surface area contributed by atoms with Gasteiger partial charge in [-0.1, -0.05) is 0 Å². The molecule has 0 saturated carbocycles. The van der Waals surface area contributed by atoms with Gasteiger partial charge in [0.05, 0.1) is 0 Å². The normalized spacial score (nSPS) is 14.9. The van der Waals surface area contributed by atoms with E-state index in [0.29, 0.717) is 0 Å². The summed E-state index contributed by atoms with van der Waals surface area (Å²) in [5.74, 6) is 0. The molecule has 0 spiro atoms. The molecule has 0 bridgehead atoms. The minimum absolute atomic E-state index is 0.889. The highest BCUT2D eigenvalue weighted by Gasteiger charge is 1.95. The first kappa shape index (κ1) is 6.93. The first-order chi connectivity index (χ1) is 3.13. The summed E-state index contributed by atoms with van der Waals surface area (Å²) < 4.78 is 40.9. The smallest absolute Gasteiger partial charge is 0.302 e. The third kappa shape index (κ3) is 5.93. The van der Waals surface area contributed by atoms with Crippen molar-refractivity contribution in [2.75, 3.05) is 0 Å². The highest BCUT2D eigenvalue weighted by molar-refractivity contribution is 7.77. The molecule has 1 unspecified atom stereocenters. The van der Waals surface area contributed by atoms with E-state index in [1.54, 1.807) is 0 Å². The monoisotopic (exact) mass is 130 g/mol. The molecule has 0 aromatic rings. The number of alkyl halides is 2. The van der Waals surface area contributed by atoms with Gasteiger partial charge in [-0.05, 0) is 0 Å².